The van der Waals surface area contributed by atoms with Crippen LogP contribution in [-0.2, 0) is 20.9 Å². The minimum absolute atomic E-state index is 0.0115. The van der Waals surface area contributed by atoms with Gasteiger partial charge in [0.1, 0.15) is 5.41 Å². The molecule has 0 unspecified atom stereocenters. The molecule has 0 atom stereocenters. The van der Waals surface area contributed by atoms with Crippen molar-refractivity contribution in [3.05, 3.63) is 35.9 Å². The molecule has 7 heteroatoms. The van der Waals surface area contributed by atoms with Crippen LogP contribution >= 0.6 is 0 Å². The van der Waals surface area contributed by atoms with Gasteiger partial charge >= 0.3 is 6.09 Å². The zero-order chi connectivity index (χ0) is 19.3. The van der Waals surface area contributed by atoms with Gasteiger partial charge in [-0.2, -0.15) is 0 Å². The lowest BCUT2D eigenvalue weighted by molar-refractivity contribution is -0.137. The van der Waals surface area contributed by atoms with E-state index in [1.165, 1.54) is 0 Å². The summed E-state index contributed by atoms with van der Waals surface area (Å²) >= 11 is 0. The summed E-state index contributed by atoms with van der Waals surface area (Å²) in [6.45, 7) is 3.67. The first-order valence-corrected chi connectivity index (χ1v) is 9.60. The molecule has 1 aliphatic heterocycles. The lowest BCUT2D eigenvalue weighted by atomic mass is 10.0. The van der Waals surface area contributed by atoms with E-state index in [-0.39, 0.29) is 23.9 Å². The summed E-state index contributed by atoms with van der Waals surface area (Å²) in [6, 6.07) is 9.64. The van der Waals surface area contributed by atoms with Crippen LogP contribution in [0.5, 0.6) is 0 Å². The number of hydrogen-bond acceptors (Lipinski definition) is 4. The Kier molecular flexibility index (Phi) is 5.98. The van der Waals surface area contributed by atoms with Crippen LogP contribution < -0.4 is 10.6 Å². The predicted octanol–water partition coefficient (Wildman–Crippen LogP) is 1.82. The van der Waals surface area contributed by atoms with E-state index in [0.717, 1.165) is 5.56 Å². The highest BCUT2D eigenvalue weighted by molar-refractivity contribution is 6.07. The molecule has 0 bridgehead atoms. The van der Waals surface area contributed by atoms with Gasteiger partial charge in [-0.05, 0) is 38.2 Å². The Morgan fingerprint density at radius 2 is 1.78 bits per heavy atom. The monoisotopic (exact) mass is 373 g/mol. The van der Waals surface area contributed by atoms with Crippen LogP contribution in [0.3, 0.4) is 0 Å². The van der Waals surface area contributed by atoms with Gasteiger partial charge < -0.3 is 20.3 Å². The van der Waals surface area contributed by atoms with Crippen LogP contribution in [-0.4, -0.2) is 48.5 Å². The quantitative estimate of drug-likeness (QED) is 0.745. The SMILES string of the molecule is CCOC(=O)N1CCC(NC(=O)C2(C(=O)NCc3ccccc3)CC2)CC1. The number of piperidine rings is 1. The molecule has 1 aromatic carbocycles. The molecule has 0 aromatic heterocycles. The fourth-order valence-corrected chi connectivity index (χ4v) is 3.37. The largest absolute Gasteiger partial charge is 0.450 e. The van der Waals surface area contributed by atoms with Gasteiger partial charge in [0.25, 0.3) is 0 Å². The van der Waals surface area contributed by atoms with Gasteiger partial charge in [-0.3, -0.25) is 9.59 Å². The minimum Gasteiger partial charge on any atom is -0.450 e. The predicted molar refractivity (Wildman–Crippen MR) is 99.7 cm³/mol. The van der Waals surface area contributed by atoms with Gasteiger partial charge in [0.15, 0.2) is 0 Å². The van der Waals surface area contributed by atoms with Crippen molar-refractivity contribution in [1.29, 1.82) is 0 Å². The summed E-state index contributed by atoms with van der Waals surface area (Å²) in [5, 5.41) is 5.90. The second-order valence-electron chi connectivity index (χ2n) is 7.18. The molecule has 27 heavy (non-hydrogen) atoms. The van der Waals surface area contributed by atoms with E-state index >= 15 is 0 Å². The maximum Gasteiger partial charge on any atom is 0.409 e. The van der Waals surface area contributed by atoms with E-state index in [2.05, 4.69) is 10.6 Å². The van der Waals surface area contributed by atoms with Gasteiger partial charge in [-0.15, -0.1) is 0 Å². The summed E-state index contributed by atoms with van der Waals surface area (Å²) in [5.41, 5.74) is 0.0842. The van der Waals surface area contributed by atoms with Crippen LogP contribution in [0.25, 0.3) is 0 Å². The van der Waals surface area contributed by atoms with Crippen molar-refractivity contribution in [2.24, 2.45) is 5.41 Å². The second-order valence-corrected chi connectivity index (χ2v) is 7.18. The molecule has 2 N–H and O–H groups in total. The number of rotatable bonds is 6. The molecule has 3 amide bonds. The highest BCUT2D eigenvalue weighted by atomic mass is 16.6. The van der Waals surface area contributed by atoms with Gasteiger partial charge in [0.2, 0.25) is 11.8 Å². The summed E-state index contributed by atoms with van der Waals surface area (Å²) < 4.78 is 5.00. The van der Waals surface area contributed by atoms with Crippen LogP contribution in [0.15, 0.2) is 30.3 Å². The van der Waals surface area contributed by atoms with Crippen molar-refractivity contribution >= 4 is 17.9 Å². The third kappa shape index (κ3) is 4.59. The van der Waals surface area contributed by atoms with Gasteiger partial charge in [-0.1, -0.05) is 30.3 Å². The zero-order valence-corrected chi connectivity index (χ0v) is 15.7. The molecule has 0 spiro atoms. The Bertz CT molecular complexity index is 680. The Morgan fingerprint density at radius 3 is 2.37 bits per heavy atom. The number of nitrogens with one attached hydrogen (secondary N) is 2. The Hall–Kier alpha value is -2.57. The number of benzene rings is 1. The number of carbonyl (C=O) groups is 3. The summed E-state index contributed by atoms with van der Waals surface area (Å²) in [4.78, 5) is 38.6. The first-order valence-electron chi connectivity index (χ1n) is 9.60. The fraction of sp³-hybridized carbons (Fsp3) is 0.550. The van der Waals surface area contributed by atoms with Crippen LogP contribution in [0.4, 0.5) is 4.79 Å². The fourth-order valence-electron chi connectivity index (χ4n) is 3.37. The van der Waals surface area contributed by atoms with Crippen LogP contribution in [0, 0.1) is 5.41 Å². The summed E-state index contributed by atoms with van der Waals surface area (Å²) in [5.74, 6) is -0.393. The molecule has 0 radical (unpaired) electrons. The molecule has 1 saturated heterocycles. The summed E-state index contributed by atoms with van der Waals surface area (Å²) in [7, 11) is 0. The number of carbonyl (C=O) groups excluding carboxylic acids is 3. The topological polar surface area (TPSA) is 87.7 Å². The van der Waals surface area contributed by atoms with Gasteiger partial charge in [-0.25, -0.2) is 4.79 Å². The molecular formula is C20H27N3O4. The highest BCUT2D eigenvalue weighted by Crippen LogP contribution is 2.46. The Labute approximate surface area is 159 Å². The molecule has 1 aliphatic carbocycles. The van der Waals surface area contributed by atoms with Crippen molar-refractivity contribution in [3.63, 3.8) is 0 Å². The molecule has 1 heterocycles. The van der Waals surface area contributed by atoms with Gasteiger partial charge in [0.05, 0.1) is 6.61 Å². The lowest BCUT2D eigenvalue weighted by Crippen LogP contribution is -2.50. The van der Waals surface area contributed by atoms with E-state index < -0.39 is 5.41 Å². The average Bonchev–Trinajstić information content (AvgIpc) is 3.50. The molecule has 146 valence electrons. The number of hydrogen-bond donors (Lipinski definition) is 2. The van der Waals surface area contributed by atoms with Crippen molar-refractivity contribution in [1.82, 2.24) is 15.5 Å². The Balaban J connectivity index is 1.46. The van der Waals surface area contributed by atoms with Crippen LogP contribution in [0.1, 0.15) is 38.2 Å². The normalized spacial score (nSPS) is 18.5. The number of ether oxygens (including phenoxy) is 1. The number of likely N-dealkylation sites (tertiary alicyclic amines) is 1. The number of amides is 3. The first kappa shape index (κ1) is 19.2. The Morgan fingerprint density at radius 1 is 1.11 bits per heavy atom. The molecule has 1 saturated carbocycles. The van der Waals surface area contributed by atoms with Crippen molar-refractivity contribution < 1.29 is 19.1 Å². The zero-order valence-electron chi connectivity index (χ0n) is 15.7. The molecule has 3 rings (SSSR count). The molecular weight excluding hydrogens is 346 g/mol. The average molecular weight is 373 g/mol. The number of nitrogens with zero attached hydrogens (tertiary/aromatic N) is 1. The second kappa shape index (κ2) is 8.41. The van der Waals surface area contributed by atoms with Crippen molar-refractivity contribution in [2.75, 3.05) is 19.7 Å². The van der Waals surface area contributed by atoms with E-state index in [9.17, 15) is 14.4 Å². The van der Waals surface area contributed by atoms with Crippen LogP contribution in [0.2, 0.25) is 0 Å². The van der Waals surface area contributed by atoms with Gasteiger partial charge in [0, 0.05) is 25.7 Å². The standard InChI is InChI=1S/C20H27N3O4/c1-2-27-19(26)23-12-8-16(9-13-23)22-18(25)20(10-11-20)17(24)21-14-15-6-4-3-5-7-15/h3-7,16H,2,8-14H2,1H3,(H,21,24)(H,22,25). The summed E-state index contributed by atoms with van der Waals surface area (Å²) in [6.07, 6.45) is 2.21. The molecule has 1 aromatic rings. The molecule has 2 aliphatic rings. The highest BCUT2D eigenvalue weighted by Gasteiger charge is 2.56. The first-order chi connectivity index (χ1) is 13.0. The maximum absolute atomic E-state index is 12.7. The van der Waals surface area contributed by atoms with E-state index in [4.69, 9.17) is 4.74 Å². The third-order valence-corrected chi connectivity index (χ3v) is 5.27. The maximum atomic E-state index is 12.7. The van der Waals surface area contributed by atoms with E-state index in [1.807, 2.05) is 30.3 Å². The minimum atomic E-state index is -0.924. The van der Waals surface area contributed by atoms with E-state index in [1.54, 1.807) is 11.8 Å². The van der Waals surface area contributed by atoms with Crippen molar-refractivity contribution in [3.8, 4) is 0 Å². The lowest BCUT2D eigenvalue weighted by Gasteiger charge is -2.32. The third-order valence-electron chi connectivity index (χ3n) is 5.27. The smallest absolute Gasteiger partial charge is 0.409 e. The van der Waals surface area contributed by atoms with E-state index in [0.29, 0.717) is 51.9 Å². The molecule has 2 fully saturated rings. The van der Waals surface area contributed by atoms with Crippen molar-refractivity contribution in [2.45, 2.75) is 45.2 Å². The molecule has 7 nitrogen and oxygen atoms in total.